The monoisotopic (exact) mass is 384 g/mol. The standard InChI is InChI=1S/C12H9F9N2O2/c1-9(10(13,14)15,11(16,17)18)23-8(24)22-6-2-4-7(5-3-6)25-12(19,20)21/h2-5H,1H3,(H2,22,23,24). The van der Waals surface area contributed by atoms with E-state index in [1.165, 1.54) is 0 Å². The van der Waals surface area contributed by atoms with Gasteiger partial charge in [0, 0.05) is 5.69 Å². The molecule has 0 saturated heterocycles. The number of carbonyl (C=O) groups is 1. The molecule has 0 atom stereocenters. The third-order valence-corrected chi connectivity index (χ3v) is 2.84. The first-order chi connectivity index (χ1) is 11.1. The van der Waals surface area contributed by atoms with Gasteiger partial charge >= 0.3 is 24.7 Å². The van der Waals surface area contributed by atoms with Crippen LogP contribution in [0.1, 0.15) is 6.92 Å². The van der Waals surface area contributed by atoms with E-state index in [0.717, 1.165) is 17.4 Å². The highest BCUT2D eigenvalue weighted by Crippen LogP contribution is 2.42. The number of urea groups is 1. The molecule has 0 fully saturated rings. The summed E-state index contributed by atoms with van der Waals surface area (Å²) in [5.41, 5.74) is -4.89. The Labute approximate surface area is 133 Å². The molecule has 0 aromatic heterocycles. The SMILES string of the molecule is CC(NC(=O)Nc1ccc(OC(F)(F)F)cc1)(C(F)(F)F)C(F)(F)F. The Bertz CT molecular complexity index is 591. The van der Waals surface area contributed by atoms with Gasteiger partial charge in [-0.3, -0.25) is 0 Å². The summed E-state index contributed by atoms with van der Waals surface area (Å²) < 4.78 is 115. The number of alkyl halides is 9. The first-order valence-electron chi connectivity index (χ1n) is 6.13. The van der Waals surface area contributed by atoms with Gasteiger partial charge in [0.2, 0.25) is 5.54 Å². The van der Waals surface area contributed by atoms with Crippen LogP contribution < -0.4 is 15.4 Å². The van der Waals surface area contributed by atoms with Crippen molar-refractivity contribution in [1.82, 2.24) is 5.32 Å². The maximum Gasteiger partial charge on any atom is 0.573 e. The number of anilines is 1. The molecule has 0 unspecified atom stereocenters. The predicted octanol–water partition coefficient (Wildman–Crippen LogP) is 4.59. The van der Waals surface area contributed by atoms with Crippen LogP contribution in [0.4, 0.5) is 50.0 Å². The number of benzene rings is 1. The van der Waals surface area contributed by atoms with Crippen molar-refractivity contribution in [3.8, 4) is 5.75 Å². The molecule has 0 aliphatic heterocycles. The Morgan fingerprint density at radius 1 is 0.880 bits per heavy atom. The third-order valence-electron chi connectivity index (χ3n) is 2.84. The largest absolute Gasteiger partial charge is 0.573 e. The fourth-order valence-corrected chi connectivity index (χ4v) is 1.43. The lowest BCUT2D eigenvalue weighted by Gasteiger charge is -2.34. The topological polar surface area (TPSA) is 50.4 Å². The van der Waals surface area contributed by atoms with Gasteiger partial charge in [-0.05, 0) is 31.2 Å². The number of halogens is 9. The molecular weight excluding hydrogens is 375 g/mol. The van der Waals surface area contributed by atoms with Gasteiger partial charge in [0.05, 0.1) is 0 Å². The average Bonchev–Trinajstić information content (AvgIpc) is 2.36. The van der Waals surface area contributed by atoms with Crippen molar-refractivity contribution in [1.29, 1.82) is 0 Å². The van der Waals surface area contributed by atoms with Crippen molar-refractivity contribution in [3.63, 3.8) is 0 Å². The molecule has 0 heterocycles. The quantitative estimate of drug-likeness (QED) is 0.749. The van der Waals surface area contributed by atoms with Crippen molar-refractivity contribution in [3.05, 3.63) is 24.3 Å². The predicted molar refractivity (Wildman–Crippen MR) is 65.8 cm³/mol. The molecule has 2 N–H and O–H groups in total. The summed E-state index contributed by atoms with van der Waals surface area (Å²) in [6, 6.07) is 1.13. The Hall–Kier alpha value is -2.34. The van der Waals surface area contributed by atoms with Crippen molar-refractivity contribution < 1.29 is 49.0 Å². The number of ether oxygens (including phenoxy) is 1. The molecule has 0 aliphatic rings. The number of nitrogens with one attached hydrogen (secondary N) is 2. The van der Waals surface area contributed by atoms with E-state index in [4.69, 9.17) is 0 Å². The lowest BCUT2D eigenvalue weighted by molar-refractivity contribution is -0.297. The average molecular weight is 384 g/mol. The molecular formula is C12H9F9N2O2. The molecule has 0 saturated carbocycles. The molecule has 1 aromatic carbocycles. The highest BCUT2D eigenvalue weighted by atomic mass is 19.4. The van der Waals surface area contributed by atoms with Crippen LogP contribution in [-0.4, -0.2) is 30.3 Å². The van der Waals surface area contributed by atoms with Crippen LogP contribution >= 0.6 is 0 Å². The van der Waals surface area contributed by atoms with Crippen molar-refractivity contribution in [2.24, 2.45) is 0 Å². The second-order valence-corrected chi connectivity index (χ2v) is 4.77. The van der Waals surface area contributed by atoms with E-state index in [1.807, 2.05) is 0 Å². The van der Waals surface area contributed by atoms with Gasteiger partial charge in [-0.1, -0.05) is 0 Å². The lowest BCUT2D eigenvalue weighted by atomic mass is 10.0. The van der Waals surface area contributed by atoms with Gasteiger partial charge in [0.1, 0.15) is 5.75 Å². The number of hydrogen-bond donors (Lipinski definition) is 2. The maximum absolute atomic E-state index is 12.6. The zero-order valence-electron chi connectivity index (χ0n) is 12.0. The van der Waals surface area contributed by atoms with E-state index in [0.29, 0.717) is 12.1 Å². The Kier molecular flexibility index (Phi) is 5.40. The Balaban J connectivity index is 2.85. The normalized spacial score (nSPS) is 13.4. The Morgan fingerprint density at radius 3 is 1.68 bits per heavy atom. The minimum atomic E-state index is -5.84. The highest BCUT2D eigenvalue weighted by Gasteiger charge is 2.68. The van der Waals surface area contributed by atoms with Crippen molar-refractivity contribution in [2.75, 3.05) is 5.32 Å². The zero-order chi connectivity index (χ0) is 19.7. The van der Waals surface area contributed by atoms with Crippen LogP contribution in [0.3, 0.4) is 0 Å². The van der Waals surface area contributed by atoms with E-state index in [1.54, 1.807) is 5.32 Å². The molecule has 142 valence electrons. The van der Waals surface area contributed by atoms with E-state index >= 15 is 0 Å². The number of amides is 2. The maximum atomic E-state index is 12.6. The summed E-state index contributed by atoms with van der Waals surface area (Å²) >= 11 is 0. The summed E-state index contributed by atoms with van der Waals surface area (Å²) in [4.78, 5) is 11.4. The summed E-state index contributed by atoms with van der Waals surface area (Å²) in [6.45, 7) is -0.271. The van der Waals surface area contributed by atoms with Gasteiger partial charge in [0.15, 0.2) is 0 Å². The smallest absolute Gasteiger partial charge is 0.406 e. The number of rotatable bonds is 3. The molecule has 0 bridgehead atoms. The lowest BCUT2D eigenvalue weighted by Crippen LogP contribution is -2.66. The van der Waals surface area contributed by atoms with E-state index in [-0.39, 0.29) is 12.6 Å². The summed E-state index contributed by atoms with van der Waals surface area (Å²) in [7, 11) is 0. The number of carbonyl (C=O) groups excluding carboxylic acids is 1. The molecule has 1 rings (SSSR count). The second kappa shape index (κ2) is 6.52. The summed E-state index contributed by atoms with van der Waals surface area (Å²) in [5.74, 6) is -0.700. The van der Waals surface area contributed by atoms with Gasteiger partial charge in [-0.25, -0.2) is 4.79 Å². The van der Waals surface area contributed by atoms with Gasteiger partial charge < -0.3 is 15.4 Å². The molecule has 25 heavy (non-hydrogen) atoms. The third kappa shape index (κ3) is 5.32. The van der Waals surface area contributed by atoms with Crippen LogP contribution in [-0.2, 0) is 0 Å². The fraction of sp³-hybridized carbons (Fsp3) is 0.417. The molecule has 1 aromatic rings. The molecule has 2 amide bonds. The zero-order valence-corrected chi connectivity index (χ0v) is 12.0. The van der Waals surface area contributed by atoms with Crippen molar-refractivity contribution >= 4 is 11.7 Å². The first-order valence-corrected chi connectivity index (χ1v) is 6.13. The van der Waals surface area contributed by atoms with Gasteiger partial charge in [-0.2, -0.15) is 26.3 Å². The van der Waals surface area contributed by atoms with E-state index in [2.05, 4.69) is 4.74 Å². The van der Waals surface area contributed by atoms with Crippen LogP contribution in [0.15, 0.2) is 24.3 Å². The highest BCUT2D eigenvalue weighted by molar-refractivity contribution is 5.90. The molecule has 13 heteroatoms. The fourth-order valence-electron chi connectivity index (χ4n) is 1.43. The molecule has 0 aliphatic carbocycles. The van der Waals surface area contributed by atoms with E-state index in [9.17, 15) is 44.3 Å². The van der Waals surface area contributed by atoms with Crippen LogP contribution in [0.5, 0.6) is 5.75 Å². The van der Waals surface area contributed by atoms with Crippen LogP contribution in [0.25, 0.3) is 0 Å². The van der Waals surface area contributed by atoms with Crippen LogP contribution in [0.2, 0.25) is 0 Å². The second-order valence-electron chi connectivity index (χ2n) is 4.77. The Morgan fingerprint density at radius 2 is 1.32 bits per heavy atom. The molecule has 4 nitrogen and oxygen atoms in total. The molecule has 0 spiro atoms. The summed E-state index contributed by atoms with van der Waals surface area (Å²) in [5, 5.41) is 2.41. The minimum absolute atomic E-state index is 0.271. The van der Waals surface area contributed by atoms with Crippen LogP contribution in [0, 0.1) is 0 Å². The summed E-state index contributed by atoms with van der Waals surface area (Å²) in [6.07, 6.45) is -16.7. The van der Waals surface area contributed by atoms with E-state index < -0.39 is 36.0 Å². The minimum Gasteiger partial charge on any atom is -0.406 e. The molecule has 0 radical (unpaired) electrons. The first kappa shape index (κ1) is 20.7. The van der Waals surface area contributed by atoms with Gasteiger partial charge in [0.25, 0.3) is 0 Å². The number of hydrogen-bond acceptors (Lipinski definition) is 2. The van der Waals surface area contributed by atoms with Crippen molar-refractivity contribution in [2.45, 2.75) is 31.2 Å². The van der Waals surface area contributed by atoms with Gasteiger partial charge in [-0.15, -0.1) is 13.2 Å².